The van der Waals surface area contributed by atoms with Gasteiger partial charge in [-0.1, -0.05) is 13.3 Å². The Morgan fingerprint density at radius 2 is 2.00 bits per heavy atom. The molecule has 0 saturated carbocycles. The summed E-state index contributed by atoms with van der Waals surface area (Å²) in [5.74, 6) is 0. The molecule has 2 saturated heterocycles. The summed E-state index contributed by atoms with van der Waals surface area (Å²) in [6.45, 7) is 10.0. The van der Waals surface area contributed by atoms with Crippen molar-refractivity contribution in [3.8, 4) is 0 Å². The maximum atomic E-state index is 5.64. The number of ether oxygens (including phenoxy) is 1. The van der Waals surface area contributed by atoms with Crippen LogP contribution in [0.25, 0.3) is 0 Å². The van der Waals surface area contributed by atoms with Crippen LogP contribution in [0.4, 0.5) is 0 Å². The van der Waals surface area contributed by atoms with Gasteiger partial charge in [0.15, 0.2) is 0 Å². The standard InChI is InChI=1S/C15H30N2O/c1-3-5-15(7-9-16-10-8-15)12-17-14(2)6-4-11-18-13-14/h16-17H,3-13H2,1-2H3. The molecule has 0 spiro atoms. The van der Waals surface area contributed by atoms with Gasteiger partial charge in [0.1, 0.15) is 0 Å². The second kappa shape index (κ2) is 6.36. The van der Waals surface area contributed by atoms with E-state index >= 15 is 0 Å². The van der Waals surface area contributed by atoms with Crippen molar-refractivity contribution in [1.82, 2.24) is 10.6 Å². The van der Waals surface area contributed by atoms with Crippen LogP contribution in [-0.2, 0) is 4.74 Å². The van der Waals surface area contributed by atoms with E-state index in [1.54, 1.807) is 0 Å². The number of hydrogen-bond acceptors (Lipinski definition) is 3. The lowest BCUT2D eigenvalue weighted by Crippen LogP contribution is -2.54. The molecule has 2 fully saturated rings. The van der Waals surface area contributed by atoms with Crippen LogP contribution < -0.4 is 10.6 Å². The highest BCUT2D eigenvalue weighted by atomic mass is 16.5. The lowest BCUT2D eigenvalue weighted by molar-refractivity contribution is 0.0196. The summed E-state index contributed by atoms with van der Waals surface area (Å²) < 4.78 is 5.64. The first-order valence-corrected chi connectivity index (χ1v) is 7.72. The molecule has 0 radical (unpaired) electrons. The second-order valence-corrected chi connectivity index (χ2v) is 6.57. The maximum Gasteiger partial charge on any atom is 0.0645 e. The van der Waals surface area contributed by atoms with E-state index in [-0.39, 0.29) is 5.54 Å². The van der Waals surface area contributed by atoms with Crippen LogP contribution >= 0.6 is 0 Å². The molecule has 1 unspecified atom stereocenters. The Morgan fingerprint density at radius 3 is 2.61 bits per heavy atom. The first-order valence-electron chi connectivity index (χ1n) is 7.72. The van der Waals surface area contributed by atoms with Gasteiger partial charge in [-0.25, -0.2) is 0 Å². The van der Waals surface area contributed by atoms with E-state index in [4.69, 9.17) is 4.74 Å². The highest BCUT2D eigenvalue weighted by Crippen LogP contribution is 2.34. The van der Waals surface area contributed by atoms with Crippen molar-refractivity contribution in [3.63, 3.8) is 0 Å². The molecule has 0 aromatic carbocycles. The minimum absolute atomic E-state index is 0.212. The molecular weight excluding hydrogens is 224 g/mol. The zero-order valence-corrected chi connectivity index (χ0v) is 12.2. The average Bonchev–Trinajstić information content (AvgIpc) is 2.39. The molecule has 0 bridgehead atoms. The first kappa shape index (κ1) is 14.3. The van der Waals surface area contributed by atoms with Crippen molar-refractivity contribution in [2.75, 3.05) is 32.8 Å². The Labute approximate surface area is 112 Å². The number of hydrogen-bond donors (Lipinski definition) is 2. The molecule has 0 aliphatic carbocycles. The number of nitrogens with one attached hydrogen (secondary N) is 2. The van der Waals surface area contributed by atoms with E-state index in [1.165, 1.54) is 58.2 Å². The van der Waals surface area contributed by atoms with Crippen molar-refractivity contribution >= 4 is 0 Å². The van der Waals surface area contributed by atoms with Crippen LogP contribution in [0.5, 0.6) is 0 Å². The number of rotatable bonds is 5. The Balaban J connectivity index is 1.88. The lowest BCUT2D eigenvalue weighted by atomic mass is 9.74. The molecule has 2 rings (SSSR count). The van der Waals surface area contributed by atoms with Gasteiger partial charge in [-0.3, -0.25) is 0 Å². The molecular formula is C15H30N2O. The third-order valence-electron chi connectivity index (χ3n) is 4.77. The first-order chi connectivity index (χ1) is 8.68. The second-order valence-electron chi connectivity index (χ2n) is 6.57. The molecule has 3 nitrogen and oxygen atoms in total. The van der Waals surface area contributed by atoms with Crippen LogP contribution in [0.15, 0.2) is 0 Å². The topological polar surface area (TPSA) is 33.3 Å². The van der Waals surface area contributed by atoms with Gasteiger partial charge in [-0.15, -0.1) is 0 Å². The van der Waals surface area contributed by atoms with Crippen molar-refractivity contribution < 1.29 is 4.74 Å². The normalized spacial score (nSPS) is 32.3. The van der Waals surface area contributed by atoms with E-state index in [0.717, 1.165) is 13.2 Å². The molecule has 0 aromatic heterocycles. The summed E-state index contributed by atoms with van der Waals surface area (Å²) in [5.41, 5.74) is 0.740. The van der Waals surface area contributed by atoms with Gasteiger partial charge in [0, 0.05) is 18.7 Å². The Bertz CT molecular complexity index is 237. The zero-order valence-electron chi connectivity index (χ0n) is 12.2. The summed E-state index contributed by atoms with van der Waals surface area (Å²) in [6.07, 6.45) is 7.77. The van der Waals surface area contributed by atoms with Gasteiger partial charge < -0.3 is 15.4 Å². The van der Waals surface area contributed by atoms with Crippen molar-refractivity contribution in [2.24, 2.45) is 5.41 Å². The minimum atomic E-state index is 0.212. The lowest BCUT2D eigenvalue weighted by Gasteiger charge is -2.42. The van der Waals surface area contributed by atoms with Crippen molar-refractivity contribution in [2.45, 2.75) is 57.9 Å². The van der Waals surface area contributed by atoms with Crippen molar-refractivity contribution in [1.29, 1.82) is 0 Å². The maximum absolute atomic E-state index is 5.64. The van der Waals surface area contributed by atoms with E-state index in [2.05, 4.69) is 24.5 Å². The third-order valence-corrected chi connectivity index (χ3v) is 4.77. The number of piperidine rings is 1. The molecule has 18 heavy (non-hydrogen) atoms. The summed E-state index contributed by atoms with van der Waals surface area (Å²) in [5, 5.41) is 7.33. The molecule has 2 N–H and O–H groups in total. The smallest absolute Gasteiger partial charge is 0.0645 e. The summed E-state index contributed by atoms with van der Waals surface area (Å²) >= 11 is 0. The molecule has 3 heteroatoms. The monoisotopic (exact) mass is 254 g/mol. The zero-order chi connectivity index (χ0) is 12.9. The van der Waals surface area contributed by atoms with Crippen molar-refractivity contribution in [3.05, 3.63) is 0 Å². The quantitative estimate of drug-likeness (QED) is 0.790. The Kier molecular flexibility index (Phi) is 5.05. The van der Waals surface area contributed by atoms with E-state index in [0.29, 0.717) is 5.41 Å². The molecule has 0 amide bonds. The predicted molar refractivity (Wildman–Crippen MR) is 75.9 cm³/mol. The predicted octanol–water partition coefficient (Wildman–Crippen LogP) is 2.32. The molecule has 2 aliphatic heterocycles. The molecule has 2 aliphatic rings. The van der Waals surface area contributed by atoms with Crippen LogP contribution in [0.3, 0.4) is 0 Å². The molecule has 1 atom stereocenters. The fourth-order valence-corrected chi connectivity index (χ4v) is 3.48. The van der Waals surface area contributed by atoms with Crippen LogP contribution in [0.2, 0.25) is 0 Å². The average molecular weight is 254 g/mol. The fourth-order valence-electron chi connectivity index (χ4n) is 3.48. The minimum Gasteiger partial charge on any atom is -0.380 e. The molecule has 0 aromatic rings. The van der Waals surface area contributed by atoms with Crippen LogP contribution in [-0.4, -0.2) is 38.4 Å². The SMILES string of the molecule is CCCC1(CNC2(C)CCCOC2)CCNCC1. The molecule has 2 heterocycles. The van der Waals surface area contributed by atoms with Gasteiger partial charge >= 0.3 is 0 Å². The summed E-state index contributed by atoms with van der Waals surface area (Å²) in [6, 6.07) is 0. The van der Waals surface area contributed by atoms with Gasteiger partial charge in [0.05, 0.1) is 6.61 Å². The van der Waals surface area contributed by atoms with E-state index in [1.807, 2.05) is 0 Å². The van der Waals surface area contributed by atoms with E-state index in [9.17, 15) is 0 Å². The van der Waals surface area contributed by atoms with Gasteiger partial charge in [0.25, 0.3) is 0 Å². The van der Waals surface area contributed by atoms with Gasteiger partial charge in [-0.05, 0) is 57.5 Å². The van der Waals surface area contributed by atoms with Gasteiger partial charge in [0.2, 0.25) is 0 Å². The van der Waals surface area contributed by atoms with Crippen LogP contribution in [0.1, 0.15) is 52.4 Å². The fraction of sp³-hybridized carbons (Fsp3) is 1.00. The Hall–Kier alpha value is -0.120. The third kappa shape index (κ3) is 3.69. The largest absolute Gasteiger partial charge is 0.380 e. The van der Waals surface area contributed by atoms with Gasteiger partial charge in [-0.2, -0.15) is 0 Å². The van der Waals surface area contributed by atoms with E-state index < -0.39 is 0 Å². The highest BCUT2D eigenvalue weighted by molar-refractivity contribution is 4.92. The Morgan fingerprint density at radius 1 is 1.22 bits per heavy atom. The molecule has 106 valence electrons. The highest BCUT2D eigenvalue weighted by Gasteiger charge is 2.34. The van der Waals surface area contributed by atoms with Crippen LogP contribution in [0, 0.1) is 5.41 Å². The summed E-state index contributed by atoms with van der Waals surface area (Å²) in [7, 11) is 0. The summed E-state index contributed by atoms with van der Waals surface area (Å²) in [4.78, 5) is 0.